The molecule has 5 nitrogen and oxygen atoms in total. The van der Waals surface area contributed by atoms with Crippen molar-refractivity contribution < 1.29 is 9.53 Å². The highest BCUT2D eigenvalue weighted by atomic mass is 16.5. The molecule has 0 aliphatic rings. The van der Waals surface area contributed by atoms with Crippen molar-refractivity contribution in [3.8, 4) is 5.75 Å². The molecule has 0 atom stereocenters. The van der Waals surface area contributed by atoms with E-state index in [4.69, 9.17) is 4.74 Å². The number of methoxy groups -OCH3 is 1. The van der Waals surface area contributed by atoms with Crippen molar-refractivity contribution in [3.63, 3.8) is 0 Å². The van der Waals surface area contributed by atoms with Gasteiger partial charge in [-0.2, -0.15) is 4.98 Å². The highest BCUT2D eigenvalue weighted by molar-refractivity contribution is 5.96. The van der Waals surface area contributed by atoms with E-state index in [9.17, 15) is 9.59 Å². The van der Waals surface area contributed by atoms with Crippen LogP contribution in [-0.2, 0) is 6.54 Å². The summed E-state index contributed by atoms with van der Waals surface area (Å²) in [5.41, 5.74) is 1.52. The van der Waals surface area contributed by atoms with Crippen LogP contribution in [0.3, 0.4) is 0 Å². The predicted molar refractivity (Wildman–Crippen MR) is 75.3 cm³/mol. The molecule has 0 fully saturated rings. The van der Waals surface area contributed by atoms with Crippen LogP contribution >= 0.6 is 0 Å². The highest BCUT2D eigenvalue weighted by Gasteiger charge is 2.10. The summed E-state index contributed by atoms with van der Waals surface area (Å²) in [6.45, 7) is 3.53. The first-order valence-corrected chi connectivity index (χ1v) is 6.23. The molecule has 0 saturated heterocycles. The maximum absolute atomic E-state index is 12.2. The fourth-order valence-electron chi connectivity index (χ4n) is 1.98. The van der Waals surface area contributed by atoms with Crippen LogP contribution in [0.15, 0.2) is 35.1 Å². The maximum atomic E-state index is 12.2. The Morgan fingerprint density at radius 3 is 2.45 bits per heavy atom. The van der Waals surface area contributed by atoms with Gasteiger partial charge in [0.05, 0.1) is 13.7 Å². The molecule has 0 aliphatic carbocycles. The average molecular weight is 272 g/mol. The van der Waals surface area contributed by atoms with Gasteiger partial charge in [0.25, 0.3) is 0 Å². The Kier molecular flexibility index (Phi) is 3.98. The molecule has 0 spiro atoms. The van der Waals surface area contributed by atoms with Crippen molar-refractivity contribution in [2.75, 3.05) is 7.11 Å². The molecule has 0 aliphatic heterocycles. The van der Waals surface area contributed by atoms with Gasteiger partial charge in [0.1, 0.15) is 5.75 Å². The lowest BCUT2D eigenvalue weighted by molar-refractivity contribution is 0.0969. The summed E-state index contributed by atoms with van der Waals surface area (Å²) < 4.78 is 6.42. The second-order valence-corrected chi connectivity index (χ2v) is 4.56. The van der Waals surface area contributed by atoms with Crippen molar-refractivity contribution in [3.05, 3.63) is 57.8 Å². The third kappa shape index (κ3) is 2.93. The van der Waals surface area contributed by atoms with E-state index in [-0.39, 0.29) is 12.3 Å². The summed E-state index contributed by atoms with van der Waals surface area (Å²) in [5.74, 6) is 0.551. The highest BCUT2D eigenvalue weighted by Crippen LogP contribution is 2.12. The van der Waals surface area contributed by atoms with Crippen molar-refractivity contribution in [2.24, 2.45) is 0 Å². The normalized spacial score (nSPS) is 10.3. The molecule has 0 saturated carbocycles. The van der Waals surface area contributed by atoms with E-state index < -0.39 is 5.69 Å². The zero-order valence-electron chi connectivity index (χ0n) is 11.7. The Morgan fingerprint density at radius 1 is 1.25 bits per heavy atom. The summed E-state index contributed by atoms with van der Waals surface area (Å²) in [5, 5.41) is 0. The molecular weight excluding hydrogens is 256 g/mol. The quantitative estimate of drug-likeness (QED) is 0.796. The smallest absolute Gasteiger partial charge is 0.348 e. The van der Waals surface area contributed by atoms with Gasteiger partial charge in [-0.25, -0.2) is 4.79 Å². The molecule has 2 rings (SSSR count). The van der Waals surface area contributed by atoms with E-state index in [1.807, 2.05) is 0 Å². The summed E-state index contributed by atoms with van der Waals surface area (Å²) in [6.07, 6.45) is 0. The molecule has 0 unspecified atom stereocenters. The number of benzene rings is 1. The number of aromatic nitrogens is 2. The van der Waals surface area contributed by atoms with Crippen LogP contribution in [-0.4, -0.2) is 22.4 Å². The number of carbonyl (C=O) groups is 1. The molecule has 5 heteroatoms. The topological polar surface area (TPSA) is 61.2 Å². The molecule has 104 valence electrons. The van der Waals surface area contributed by atoms with Crippen molar-refractivity contribution in [2.45, 2.75) is 20.4 Å². The number of Topliss-reactive ketones (excluding diaryl/α,β-unsaturated/α-hetero) is 1. The van der Waals surface area contributed by atoms with Gasteiger partial charge >= 0.3 is 5.69 Å². The Hall–Kier alpha value is -2.43. The maximum Gasteiger partial charge on any atom is 0.348 e. The van der Waals surface area contributed by atoms with Crippen LogP contribution in [0.25, 0.3) is 0 Å². The first kappa shape index (κ1) is 14.0. The number of carbonyl (C=O) groups excluding carboxylic acids is 1. The second kappa shape index (κ2) is 5.69. The molecule has 0 amide bonds. The average Bonchev–Trinajstić information content (AvgIpc) is 2.42. The molecule has 1 aromatic carbocycles. The molecular formula is C15H16N2O3. The Morgan fingerprint density at radius 2 is 1.90 bits per heavy atom. The van der Waals surface area contributed by atoms with E-state index in [2.05, 4.69) is 4.98 Å². The summed E-state index contributed by atoms with van der Waals surface area (Å²) in [7, 11) is 1.57. The number of ketones is 1. The van der Waals surface area contributed by atoms with Crippen molar-refractivity contribution in [1.29, 1.82) is 0 Å². The van der Waals surface area contributed by atoms with Crippen LogP contribution in [0, 0.1) is 13.8 Å². The number of nitrogens with zero attached hydrogens (tertiary/aromatic N) is 2. The lowest BCUT2D eigenvalue weighted by atomic mass is 10.1. The van der Waals surface area contributed by atoms with Crippen LogP contribution in [0.4, 0.5) is 0 Å². The number of ether oxygens (including phenoxy) is 1. The Bertz CT molecular complexity index is 687. The van der Waals surface area contributed by atoms with Gasteiger partial charge in [-0.3, -0.25) is 9.36 Å². The van der Waals surface area contributed by atoms with Crippen molar-refractivity contribution >= 4 is 5.78 Å². The minimum Gasteiger partial charge on any atom is -0.497 e. The third-order valence-electron chi connectivity index (χ3n) is 3.06. The molecule has 0 bridgehead atoms. The predicted octanol–water partition coefficient (Wildman–Crippen LogP) is 1.75. The van der Waals surface area contributed by atoms with Crippen LogP contribution in [0.5, 0.6) is 5.75 Å². The largest absolute Gasteiger partial charge is 0.497 e. The first-order valence-electron chi connectivity index (χ1n) is 6.23. The molecule has 0 radical (unpaired) electrons. The molecule has 1 heterocycles. The summed E-state index contributed by atoms with van der Waals surface area (Å²) in [6, 6.07) is 8.58. The number of hydrogen-bond acceptors (Lipinski definition) is 4. The van der Waals surface area contributed by atoms with Gasteiger partial charge in [0.2, 0.25) is 0 Å². The standard InChI is InChI=1S/C15H16N2O3/c1-10-8-11(2)17(15(19)16-10)9-14(18)12-4-6-13(20-3)7-5-12/h4-8H,9H2,1-3H3. The van der Waals surface area contributed by atoms with Gasteiger partial charge in [-0.1, -0.05) is 0 Å². The van der Waals surface area contributed by atoms with E-state index in [0.717, 1.165) is 5.69 Å². The fourth-order valence-corrected chi connectivity index (χ4v) is 1.98. The zero-order chi connectivity index (χ0) is 14.7. The third-order valence-corrected chi connectivity index (χ3v) is 3.06. The lowest BCUT2D eigenvalue weighted by Gasteiger charge is -2.09. The van der Waals surface area contributed by atoms with Crippen LogP contribution < -0.4 is 10.4 Å². The number of rotatable bonds is 4. The van der Waals surface area contributed by atoms with E-state index in [1.165, 1.54) is 4.57 Å². The second-order valence-electron chi connectivity index (χ2n) is 4.56. The van der Waals surface area contributed by atoms with Gasteiger partial charge in [0, 0.05) is 17.0 Å². The molecule has 2 aromatic rings. The monoisotopic (exact) mass is 272 g/mol. The molecule has 0 N–H and O–H groups in total. The van der Waals surface area contributed by atoms with Gasteiger partial charge in [-0.05, 0) is 44.2 Å². The first-order chi connectivity index (χ1) is 9.51. The summed E-state index contributed by atoms with van der Waals surface area (Å²) in [4.78, 5) is 27.8. The van der Waals surface area contributed by atoms with Crippen LogP contribution in [0.1, 0.15) is 21.7 Å². The lowest BCUT2D eigenvalue weighted by Crippen LogP contribution is -2.28. The molecule has 20 heavy (non-hydrogen) atoms. The van der Waals surface area contributed by atoms with E-state index in [1.54, 1.807) is 51.3 Å². The minimum atomic E-state index is -0.399. The molecule has 1 aromatic heterocycles. The van der Waals surface area contributed by atoms with E-state index in [0.29, 0.717) is 17.0 Å². The SMILES string of the molecule is COc1ccc(C(=O)Cn2c(C)cc(C)nc2=O)cc1. The number of aryl methyl sites for hydroxylation is 2. The zero-order valence-corrected chi connectivity index (χ0v) is 11.7. The minimum absolute atomic E-state index is 0.00965. The Balaban J connectivity index is 2.25. The van der Waals surface area contributed by atoms with Gasteiger partial charge < -0.3 is 4.74 Å². The number of hydrogen-bond donors (Lipinski definition) is 0. The van der Waals surface area contributed by atoms with Gasteiger partial charge in [-0.15, -0.1) is 0 Å². The Labute approximate surface area is 116 Å². The summed E-state index contributed by atoms with van der Waals surface area (Å²) >= 11 is 0. The fraction of sp³-hybridized carbons (Fsp3) is 0.267. The van der Waals surface area contributed by atoms with E-state index >= 15 is 0 Å². The van der Waals surface area contributed by atoms with Crippen molar-refractivity contribution in [1.82, 2.24) is 9.55 Å². The van der Waals surface area contributed by atoms with Gasteiger partial charge in [0.15, 0.2) is 5.78 Å². The van der Waals surface area contributed by atoms with Crippen LogP contribution in [0.2, 0.25) is 0 Å².